The number of piperazine rings is 1. The zero-order chi connectivity index (χ0) is 32.7. The molecule has 9 heteroatoms. The summed E-state index contributed by atoms with van der Waals surface area (Å²) in [5.74, 6) is -0.687. The summed E-state index contributed by atoms with van der Waals surface area (Å²) in [5.41, 5.74) is 10.4. The van der Waals surface area contributed by atoms with Crippen molar-refractivity contribution in [2.24, 2.45) is 11.7 Å². The van der Waals surface area contributed by atoms with Gasteiger partial charge in [-0.15, -0.1) is 0 Å². The summed E-state index contributed by atoms with van der Waals surface area (Å²) in [6.07, 6.45) is 6.40. The molecule has 0 spiro atoms. The number of aliphatic hydroxyl groups is 2. The number of hydrogen-bond acceptors (Lipinski definition) is 7. The lowest BCUT2D eigenvalue weighted by Gasteiger charge is -2.35. The molecule has 2 amide bonds. The number of aliphatic hydroxyl groups excluding tert-OH is 2. The van der Waals surface area contributed by atoms with Crippen LogP contribution in [0, 0.1) is 5.92 Å². The van der Waals surface area contributed by atoms with Gasteiger partial charge in [-0.05, 0) is 74.8 Å². The average Bonchev–Trinajstić information content (AvgIpc) is 3.39. The number of benzene rings is 2. The minimum atomic E-state index is -0.550. The number of hydrogen-bond donors (Lipinski definition) is 4. The molecule has 1 aromatic heterocycles. The Morgan fingerprint density at radius 2 is 1.53 bits per heavy atom. The maximum Gasteiger partial charge on any atom is 0.220 e. The van der Waals surface area contributed by atoms with Crippen LogP contribution in [0.25, 0.3) is 0 Å². The lowest BCUT2D eigenvalue weighted by atomic mass is 9.93. The van der Waals surface area contributed by atoms with Crippen LogP contribution in [0.1, 0.15) is 49.4 Å². The summed E-state index contributed by atoms with van der Waals surface area (Å²) in [5, 5.41) is 22.4. The zero-order valence-corrected chi connectivity index (χ0v) is 27.0. The first-order valence-electron chi connectivity index (χ1n) is 15.8. The van der Waals surface area contributed by atoms with Crippen LogP contribution < -0.4 is 11.1 Å². The van der Waals surface area contributed by atoms with Gasteiger partial charge in [0.25, 0.3) is 0 Å². The fraction of sp³-hybridized carbons (Fsp3) is 0.472. The summed E-state index contributed by atoms with van der Waals surface area (Å²) in [6.45, 7) is 11.0. The van der Waals surface area contributed by atoms with Crippen LogP contribution in [-0.2, 0) is 35.4 Å². The van der Waals surface area contributed by atoms with E-state index in [9.17, 15) is 19.8 Å². The molecule has 2 atom stereocenters. The minimum Gasteiger partial charge on any atom is -0.392 e. The minimum absolute atomic E-state index is 0.0677. The number of carbonyl (C=O) groups excluding carboxylic acids is 2. The molecule has 0 radical (unpaired) electrons. The van der Waals surface area contributed by atoms with Gasteiger partial charge in [-0.3, -0.25) is 24.4 Å². The van der Waals surface area contributed by atoms with E-state index >= 15 is 0 Å². The summed E-state index contributed by atoms with van der Waals surface area (Å²) in [6, 6.07) is 22.1. The number of aromatic nitrogens is 1. The number of rotatable bonds is 10. The monoisotopic (exact) mass is 617 g/mol. The number of carbonyl (C=O) groups is 2. The quantitative estimate of drug-likeness (QED) is 0.257. The second-order valence-electron chi connectivity index (χ2n) is 13.0. The highest BCUT2D eigenvalue weighted by molar-refractivity contribution is 5.77. The van der Waals surface area contributed by atoms with Crippen molar-refractivity contribution in [3.8, 4) is 0 Å². The molecule has 1 aliphatic carbocycles. The second kappa shape index (κ2) is 18.4. The normalized spacial score (nSPS) is 16.6. The maximum absolute atomic E-state index is 11.8. The van der Waals surface area contributed by atoms with Crippen molar-refractivity contribution >= 4 is 12.3 Å². The number of nitrogens with two attached hydrogens (primary N) is 1. The van der Waals surface area contributed by atoms with Gasteiger partial charge in [-0.25, -0.2) is 0 Å². The number of fused-ring (bicyclic) bond motifs is 1. The van der Waals surface area contributed by atoms with Crippen molar-refractivity contribution in [3.05, 3.63) is 101 Å². The summed E-state index contributed by atoms with van der Waals surface area (Å²) < 4.78 is 0. The fourth-order valence-corrected chi connectivity index (χ4v) is 5.49. The SMILES string of the molecule is CC(C)(C)NC=O.NC(=O)C(Cc1ccccc1)CC(O)CN1CCN(Cc2cccnc2)CC1.OC1Cc2ccccc2C1. The Morgan fingerprint density at radius 1 is 0.956 bits per heavy atom. The summed E-state index contributed by atoms with van der Waals surface area (Å²) >= 11 is 0. The number of nitrogens with zero attached hydrogens (tertiary/aromatic N) is 3. The molecule has 2 aromatic carbocycles. The molecule has 1 fully saturated rings. The van der Waals surface area contributed by atoms with Gasteiger partial charge >= 0.3 is 0 Å². The van der Waals surface area contributed by atoms with Crippen LogP contribution in [0.2, 0.25) is 0 Å². The van der Waals surface area contributed by atoms with Gasteiger partial charge in [0.15, 0.2) is 0 Å². The Bertz CT molecular complexity index is 1250. The van der Waals surface area contributed by atoms with E-state index in [2.05, 4.69) is 38.3 Å². The molecule has 2 aliphatic rings. The Balaban J connectivity index is 0.000000263. The second-order valence-corrected chi connectivity index (χ2v) is 13.0. The molecule has 9 nitrogen and oxygen atoms in total. The third-order valence-electron chi connectivity index (χ3n) is 7.87. The topological polar surface area (TPSA) is 132 Å². The van der Waals surface area contributed by atoms with Gasteiger partial charge in [0.2, 0.25) is 12.3 Å². The first-order chi connectivity index (χ1) is 21.5. The molecule has 1 saturated heterocycles. The van der Waals surface area contributed by atoms with Crippen molar-refractivity contribution in [2.75, 3.05) is 32.7 Å². The summed E-state index contributed by atoms with van der Waals surface area (Å²) in [7, 11) is 0. The molecule has 0 bridgehead atoms. The van der Waals surface area contributed by atoms with E-state index in [0.717, 1.165) is 51.1 Å². The van der Waals surface area contributed by atoms with Crippen LogP contribution in [-0.4, -0.2) is 87.8 Å². The van der Waals surface area contributed by atoms with Gasteiger partial charge in [0.1, 0.15) is 0 Å². The van der Waals surface area contributed by atoms with E-state index in [4.69, 9.17) is 5.73 Å². The lowest BCUT2D eigenvalue weighted by Crippen LogP contribution is -2.48. The predicted octanol–water partition coefficient (Wildman–Crippen LogP) is 2.97. The summed E-state index contributed by atoms with van der Waals surface area (Å²) in [4.78, 5) is 30.4. The van der Waals surface area contributed by atoms with Crippen LogP contribution >= 0.6 is 0 Å². The van der Waals surface area contributed by atoms with Crippen LogP contribution in [0.15, 0.2) is 79.1 Å². The number of pyridine rings is 1. The molecular formula is C36H51N5O4. The van der Waals surface area contributed by atoms with Crippen molar-refractivity contribution in [3.63, 3.8) is 0 Å². The van der Waals surface area contributed by atoms with Crippen LogP contribution in [0.5, 0.6) is 0 Å². The highest BCUT2D eigenvalue weighted by Crippen LogP contribution is 2.21. The molecule has 45 heavy (non-hydrogen) atoms. The first kappa shape index (κ1) is 35.8. The lowest BCUT2D eigenvalue weighted by molar-refractivity contribution is -0.123. The first-order valence-corrected chi connectivity index (χ1v) is 15.8. The molecule has 0 saturated carbocycles. The smallest absolute Gasteiger partial charge is 0.220 e. The van der Waals surface area contributed by atoms with Crippen LogP contribution in [0.4, 0.5) is 0 Å². The van der Waals surface area contributed by atoms with Gasteiger partial charge in [0, 0.05) is 63.1 Å². The molecular weight excluding hydrogens is 566 g/mol. The highest BCUT2D eigenvalue weighted by atomic mass is 16.3. The molecule has 5 N–H and O–H groups in total. The fourth-order valence-electron chi connectivity index (χ4n) is 5.49. The number of amides is 2. The largest absolute Gasteiger partial charge is 0.392 e. The molecule has 2 heterocycles. The van der Waals surface area contributed by atoms with E-state index in [-0.39, 0.29) is 23.5 Å². The van der Waals surface area contributed by atoms with Gasteiger partial charge in [-0.1, -0.05) is 60.7 Å². The van der Waals surface area contributed by atoms with E-state index in [0.29, 0.717) is 25.8 Å². The van der Waals surface area contributed by atoms with E-state index in [1.807, 2.05) is 75.5 Å². The standard InChI is InChI=1S/C22H30N4O2.C9H10O.C5H11NO/c23-22(28)20(13-18-5-2-1-3-6-18)14-21(27)17-26-11-9-25(10-12-26)16-19-7-4-8-24-15-19;10-9-5-7-3-1-2-4-8(7)6-9;1-5(2,3)6-4-7/h1-8,15,20-21,27H,9-14,16-17H2,(H2,23,28);1-4,9-10H,5-6H2;4H,1-3H3,(H,6,7). The molecule has 5 rings (SSSR count). The number of nitrogens with one attached hydrogen (secondary N) is 1. The third-order valence-corrected chi connectivity index (χ3v) is 7.87. The highest BCUT2D eigenvalue weighted by Gasteiger charge is 2.24. The van der Waals surface area contributed by atoms with Crippen molar-refractivity contribution < 1.29 is 19.8 Å². The van der Waals surface area contributed by atoms with Crippen molar-refractivity contribution in [1.82, 2.24) is 20.1 Å². The Morgan fingerprint density at radius 3 is 2.04 bits per heavy atom. The van der Waals surface area contributed by atoms with Gasteiger partial charge in [-0.2, -0.15) is 0 Å². The Kier molecular flexibility index (Phi) is 14.6. The van der Waals surface area contributed by atoms with Gasteiger partial charge in [0.05, 0.1) is 12.2 Å². The third kappa shape index (κ3) is 13.9. The predicted molar refractivity (Wildman–Crippen MR) is 178 cm³/mol. The van der Waals surface area contributed by atoms with Crippen molar-refractivity contribution in [2.45, 2.75) is 70.7 Å². The number of β-amino-alcohol motifs (C(OH)–C–C–N with tert-alkyl or cyclic N) is 1. The van der Waals surface area contributed by atoms with Gasteiger partial charge < -0.3 is 21.3 Å². The molecule has 1 aliphatic heterocycles. The van der Waals surface area contributed by atoms with E-state index < -0.39 is 6.10 Å². The van der Waals surface area contributed by atoms with Crippen LogP contribution in [0.3, 0.4) is 0 Å². The Hall–Kier alpha value is -3.63. The number of primary amides is 1. The molecule has 2 unspecified atom stereocenters. The van der Waals surface area contributed by atoms with E-state index in [1.165, 1.54) is 16.7 Å². The zero-order valence-electron chi connectivity index (χ0n) is 27.0. The van der Waals surface area contributed by atoms with E-state index in [1.54, 1.807) is 6.20 Å². The molecule has 3 aromatic rings. The maximum atomic E-state index is 11.8. The molecule has 244 valence electrons. The average molecular weight is 618 g/mol. The Labute approximate surface area is 268 Å². The van der Waals surface area contributed by atoms with Crippen molar-refractivity contribution in [1.29, 1.82) is 0 Å².